The minimum Gasteiger partial charge on any atom is -0.457 e. The number of fused-ring (bicyclic) bond motifs is 2. The van der Waals surface area contributed by atoms with Crippen LogP contribution in [0.1, 0.15) is 57.9 Å². The summed E-state index contributed by atoms with van der Waals surface area (Å²) >= 11 is 0. The van der Waals surface area contributed by atoms with E-state index in [0.29, 0.717) is 0 Å². The fourth-order valence-corrected chi connectivity index (χ4v) is 8.65. The molecule has 2 aliphatic rings. The molecule has 0 saturated carbocycles. The molecule has 69 heavy (non-hydrogen) atoms. The van der Waals surface area contributed by atoms with Gasteiger partial charge in [-0.1, -0.05) is 3.89 Å². The molecular formula is C38H25F15N2O11S3. The lowest BCUT2D eigenvalue weighted by atomic mass is 10.1. The molecular weight excluding hydrogens is 1040 g/mol. The Morgan fingerprint density at radius 3 is 1.28 bits per heavy atom. The molecule has 6 atom stereocenters. The van der Waals surface area contributed by atoms with Gasteiger partial charge in [-0.25, -0.2) is 38.8 Å². The first-order valence-electron chi connectivity index (χ1n) is 17.9. The van der Waals surface area contributed by atoms with Gasteiger partial charge in [-0.2, -0.15) is 58.5 Å². The maximum absolute atomic E-state index is 14.4. The molecule has 0 saturated heterocycles. The lowest BCUT2D eigenvalue weighted by Gasteiger charge is -2.31. The largest absolute Gasteiger partial charge is 0.460 e. The molecule has 0 aromatic heterocycles. The summed E-state index contributed by atoms with van der Waals surface area (Å²) in [6, 6.07) is 14.2. The normalized spacial score (nSPS) is 20.5. The molecule has 4 aromatic rings. The van der Waals surface area contributed by atoms with Crippen molar-refractivity contribution in [1.29, 1.82) is 10.5 Å². The molecule has 4 aromatic carbocycles. The van der Waals surface area contributed by atoms with Crippen molar-refractivity contribution in [2.75, 3.05) is 12.5 Å². The molecule has 0 heterocycles. The molecule has 0 fully saturated rings. The Balaban J connectivity index is 0.000000232. The minimum absolute atomic E-state index is 0.0200. The van der Waals surface area contributed by atoms with E-state index in [1.54, 1.807) is 12.1 Å². The highest BCUT2D eigenvalue weighted by Gasteiger charge is 2.85. The van der Waals surface area contributed by atoms with Gasteiger partial charge >= 0.3 is 33.5 Å². The molecule has 31 heteroatoms. The van der Waals surface area contributed by atoms with Crippen LogP contribution in [0.2, 0.25) is 0 Å². The van der Waals surface area contributed by atoms with Crippen LogP contribution in [0, 0.1) is 34.3 Å². The van der Waals surface area contributed by atoms with E-state index in [1.807, 2.05) is 0 Å². The van der Waals surface area contributed by atoms with Crippen molar-refractivity contribution in [3.63, 3.8) is 0 Å². The van der Waals surface area contributed by atoms with Crippen LogP contribution < -0.4 is 9.47 Å². The van der Waals surface area contributed by atoms with Crippen molar-refractivity contribution >= 4 is 29.9 Å². The van der Waals surface area contributed by atoms with Crippen molar-refractivity contribution in [3.8, 4) is 35.1 Å². The first-order valence-corrected chi connectivity index (χ1v) is 23.0. The van der Waals surface area contributed by atoms with Crippen LogP contribution in [-0.2, 0) is 29.9 Å². The fourth-order valence-electron chi connectivity index (χ4n) is 6.33. The van der Waals surface area contributed by atoms with E-state index in [9.17, 15) is 106 Å². The molecule has 6 rings (SSSR count). The molecule has 0 bridgehead atoms. The Kier molecular flexibility index (Phi) is 15.5. The molecule has 0 amide bonds. The van der Waals surface area contributed by atoms with E-state index < -0.39 is 118 Å². The maximum Gasteiger partial charge on any atom is 0.460 e. The van der Waals surface area contributed by atoms with Crippen molar-refractivity contribution < 1.29 is 115 Å². The number of nitrogens with zero attached hydrogens (tertiary/aromatic N) is 2. The van der Waals surface area contributed by atoms with Crippen molar-refractivity contribution in [3.05, 3.63) is 106 Å². The number of hydrogen-bond acceptors (Lipinski definition) is 13. The number of aliphatic hydroxyl groups is 3. The van der Waals surface area contributed by atoms with Crippen LogP contribution in [0.25, 0.3) is 0 Å². The Morgan fingerprint density at radius 1 is 0.551 bits per heavy atom. The first-order chi connectivity index (χ1) is 31.3. The first kappa shape index (κ1) is 55.7. The molecule has 13 nitrogen and oxygen atoms in total. The lowest BCUT2D eigenvalue weighted by Crippen LogP contribution is -2.62. The summed E-state index contributed by atoms with van der Waals surface area (Å²) in [4.78, 5) is -0.740. The minimum atomic E-state index is -7.67. The Bertz CT molecular complexity index is 2920. The van der Waals surface area contributed by atoms with E-state index in [4.69, 9.17) is 20.0 Å². The number of sulfone groups is 2. The summed E-state index contributed by atoms with van der Waals surface area (Å²) in [5.74, 6) is -17.1. The second-order valence-corrected chi connectivity index (χ2v) is 19.7. The zero-order valence-electron chi connectivity index (χ0n) is 33.6. The fraction of sp³-hybridized carbons (Fsp3) is 0.316. The smallest absolute Gasteiger partial charge is 0.457 e. The molecule has 0 unspecified atom stereocenters. The van der Waals surface area contributed by atoms with Crippen LogP contribution in [-0.4, -0.2) is 88.7 Å². The van der Waals surface area contributed by atoms with E-state index >= 15 is 0 Å². The third-order valence-electron chi connectivity index (χ3n) is 9.44. The number of hydrogen-bond donors (Lipinski definition) is 3. The number of nitriles is 2. The zero-order chi connectivity index (χ0) is 52.9. The lowest BCUT2D eigenvalue weighted by molar-refractivity contribution is -0.382. The maximum atomic E-state index is 14.4. The number of aliphatic hydroxyl groups excluding tert-OH is 3. The summed E-state index contributed by atoms with van der Waals surface area (Å²) in [7, 11) is -15.3. The third kappa shape index (κ3) is 10.8. The SMILES string of the molecule is CS(=O)(=O)c1ccc(Oc2cc(F)cc(C#N)c2)c2c1[C@H](O)[C@H](F)[C@@H]2F.CS(=O)(=O)c1ccc(Oc2cc(F)cc(C#N)c2)c2c1[C@H](O)[C@H](F)[C@H]2O.O=S(=O)(F)C(F)(F)C(F)(F)C(F)(F)C(F)(F)F. The van der Waals surface area contributed by atoms with E-state index in [1.165, 1.54) is 18.2 Å². The monoisotopic (exact) mass is 1070 g/mol. The second kappa shape index (κ2) is 19.1. The van der Waals surface area contributed by atoms with E-state index in [0.717, 1.165) is 55.0 Å². The second-order valence-electron chi connectivity index (χ2n) is 14.3. The summed E-state index contributed by atoms with van der Waals surface area (Å²) < 4.78 is 265. The van der Waals surface area contributed by atoms with Crippen molar-refractivity contribution in [2.45, 2.75) is 69.9 Å². The number of alkyl halides is 12. The van der Waals surface area contributed by atoms with E-state index in [2.05, 4.69) is 0 Å². The highest BCUT2D eigenvalue weighted by molar-refractivity contribution is 7.91. The summed E-state index contributed by atoms with van der Waals surface area (Å²) in [6.45, 7) is 0. The van der Waals surface area contributed by atoms with Gasteiger partial charge in [0, 0.05) is 46.9 Å². The summed E-state index contributed by atoms with van der Waals surface area (Å²) in [6.07, 6.45) is -17.9. The van der Waals surface area contributed by atoms with Gasteiger partial charge in [-0.3, -0.25) is 0 Å². The van der Waals surface area contributed by atoms with Gasteiger partial charge < -0.3 is 24.8 Å². The van der Waals surface area contributed by atoms with Gasteiger partial charge in [-0.05, 0) is 48.5 Å². The predicted octanol–water partition coefficient (Wildman–Crippen LogP) is 8.31. The van der Waals surface area contributed by atoms with Crippen LogP contribution >= 0.6 is 0 Å². The van der Waals surface area contributed by atoms with Crippen LogP contribution in [0.3, 0.4) is 0 Å². The average Bonchev–Trinajstić information content (AvgIpc) is 3.58. The van der Waals surface area contributed by atoms with Crippen LogP contribution in [0.4, 0.5) is 65.4 Å². The number of ether oxygens (including phenoxy) is 2. The standard InChI is InChI=1S/C17H12F3NO4S.C17H13F2NO5S.C4F10O2S/c1-26(23,24)12-3-2-11(13-14(12)17(22)16(20)15(13)19)25-10-5-8(7-21)4-9(18)6-10;1-26(23,24)12-3-2-11(13-14(12)17(22)15(19)16(13)21)25-10-5-8(7-20)4-9(18)6-10;5-1(6,3(9,10)11)2(7,8)4(12,13)17(14,15)16/h2-6,15-17,22H,1H3;2-6,15-17,21-22H,1H3;/t15-,16-,17+;15-,16+,17+;/m11./s1. The Labute approximate surface area is 378 Å². The van der Waals surface area contributed by atoms with Crippen LogP contribution in [0.5, 0.6) is 23.0 Å². The highest BCUT2D eigenvalue weighted by Crippen LogP contribution is 2.55. The molecule has 3 N–H and O–H groups in total. The topological polar surface area (TPSA) is 229 Å². The molecule has 2 aliphatic carbocycles. The van der Waals surface area contributed by atoms with Crippen LogP contribution in [0.15, 0.2) is 70.5 Å². The number of rotatable bonds is 9. The number of benzene rings is 4. The molecule has 0 spiro atoms. The zero-order valence-corrected chi connectivity index (χ0v) is 36.1. The average molecular weight is 1070 g/mol. The quantitative estimate of drug-likeness (QED) is 0.106. The van der Waals surface area contributed by atoms with Crippen molar-refractivity contribution in [1.82, 2.24) is 0 Å². The summed E-state index contributed by atoms with van der Waals surface area (Å²) in [5, 5.41) is 40.6. The van der Waals surface area contributed by atoms with Gasteiger partial charge in [-0.15, -0.1) is 0 Å². The van der Waals surface area contributed by atoms with Gasteiger partial charge in [0.1, 0.15) is 52.9 Å². The highest BCUT2D eigenvalue weighted by atomic mass is 32.3. The number of halogens is 15. The van der Waals surface area contributed by atoms with Gasteiger partial charge in [0.15, 0.2) is 38.2 Å². The molecule has 376 valence electrons. The third-order valence-corrected chi connectivity index (χ3v) is 12.6. The van der Waals surface area contributed by atoms with Gasteiger partial charge in [0.05, 0.1) is 33.1 Å². The predicted molar refractivity (Wildman–Crippen MR) is 201 cm³/mol. The molecule has 0 aliphatic heterocycles. The Morgan fingerprint density at radius 2 is 0.913 bits per heavy atom. The van der Waals surface area contributed by atoms with Gasteiger partial charge in [0.25, 0.3) is 0 Å². The van der Waals surface area contributed by atoms with E-state index in [-0.39, 0.29) is 50.1 Å². The Hall–Kier alpha value is -5.86. The van der Waals surface area contributed by atoms with Gasteiger partial charge in [0.2, 0.25) is 0 Å². The summed E-state index contributed by atoms with van der Waals surface area (Å²) in [5.41, 5.74) is -1.45. The van der Waals surface area contributed by atoms with Crippen molar-refractivity contribution in [2.24, 2.45) is 0 Å². The molecule has 0 radical (unpaired) electrons.